The number of carbonyl (C=O) groups excluding carboxylic acids is 1. The van der Waals surface area contributed by atoms with Crippen molar-refractivity contribution in [2.24, 2.45) is 0 Å². The number of hydrogen-bond acceptors (Lipinski definition) is 6. The molecule has 1 fully saturated rings. The number of fused-ring (bicyclic) bond motifs is 1. The highest BCUT2D eigenvalue weighted by Gasteiger charge is 2.30. The summed E-state index contributed by atoms with van der Waals surface area (Å²) in [5, 5.41) is 3.20. The second-order valence-electron chi connectivity index (χ2n) is 8.16. The highest BCUT2D eigenvalue weighted by Crippen LogP contribution is 2.28. The van der Waals surface area contributed by atoms with Crippen molar-refractivity contribution >= 4 is 38.4 Å². The molecule has 7 nitrogen and oxygen atoms in total. The quantitative estimate of drug-likeness (QED) is 0.454. The fourth-order valence-electron chi connectivity index (χ4n) is 3.99. The van der Waals surface area contributed by atoms with Crippen LogP contribution < -0.4 is 10.9 Å². The molecule has 1 amide bonds. The lowest BCUT2D eigenvalue weighted by molar-refractivity contribution is -0.120. The first-order valence-corrected chi connectivity index (χ1v) is 13.1. The van der Waals surface area contributed by atoms with Gasteiger partial charge in [0.25, 0.3) is 5.56 Å². The van der Waals surface area contributed by atoms with Crippen molar-refractivity contribution in [2.75, 3.05) is 11.5 Å². The van der Waals surface area contributed by atoms with Crippen LogP contribution in [0.2, 0.25) is 0 Å². The van der Waals surface area contributed by atoms with Crippen LogP contribution in [0.4, 0.5) is 0 Å². The van der Waals surface area contributed by atoms with E-state index in [4.69, 9.17) is 4.98 Å². The summed E-state index contributed by atoms with van der Waals surface area (Å²) in [6.45, 7) is 5.62. The van der Waals surface area contributed by atoms with Gasteiger partial charge < -0.3 is 5.32 Å². The fraction of sp³-hybridized carbons (Fsp3) is 0.348. The number of nitrogens with one attached hydrogen (secondary N) is 1. The lowest BCUT2D eigenvalue weighted by Crippen LogP contribution is -2.40. The number of hydrogen-bond donors (Lipinski definition) is 1. The predicted molar refractivity (Wildman–Crippen MR) is 127 cm³/mol. The summed E-state index contributed by atoms with van der Waals surface area (Å²) < 4.78 is 25.0. The van der Waals surface area contributed by atoms with Crippen LogP contribution in [0, 0.1) is 13.8 Å². The Morgan fingerprint density at radius 3 is 2.50 bits per heavy atom. The number of rotatable bonds is 5. The zero-order valence-corrected chi connectivity index (χ0v) is 19.8. The van der Waals surface area contributed by atoms with E-state index in [2.05, 4.69) is 5.32 Å². The molecule has 168 valence electrons. The Bertz CT molecular complexity index is 1350. The minimum atomic E-state index is -3.09. The average Bonchev–Trinajstić information content (AvgIpc) is 3.08. The first-order valence-electron chi connectivity index (χ1n) is 10.4. The molecule has 1 saturated heterocycles. The van der Waals surface area contributed by atoms with E-state index in [1.165, 1.54) is 11.8 Å². The summed E-state index contributed by atoms with van der Waals surface area (Å²) in [6, 6.07) is 12.6. The molecule has 0 bridgehead atoms. The Kier molecular flexibility index (Phi) is 6.13. The summed E-state index contributed by atoms with van der Waals surface area (Å²) in [5.41, 5.74) is 2.99. The number of carbonyl (C=O) groups is 1. The Hall–Kier alpha value is -2.65. The fourth-order valence-corrected chi connectivity index (χ4v) is 6.58. The summed E-state index contributed by atoms with van der Waals surface area (Å²) in [7, 11) is -3.09. The summed E-state index contributed by atoms with van der Waals surface area (Å²) >= 11 is 1.19. The molecule has 0 saturated carbocycles. The molecular formula is C23H25N3O4S2. The molecule has 0 aliphatic carbocycles. The zero-order valence-electron chi connectivity index (χ0n) is 18.2. The van der Waals surface area contributed by atoms with Gasteiger partial charge in [-0.3, -0.25) is 14.2 Å². The molecule has 1 N–H and O–H groups in total. The molecule has 2 aromatic carbocycles. The smallest absolute Gasteiger partial charge is 0.266 e. The average molecular weight is 472 g/mol. The van der Waals surface area contributed by atoms with Gasteiger partial charge in [0.1, 0.15) is 0 Å². The molecular weight excluding hydrogens is 446 g/mol. The maximum Gasteiger partial charge on any atom is 0.266 e. The van der Waals surface area contributed by atoms with E-state index in [9.17, 15) is 18.0 Å². The standard InChI is InChI=1S/C23H25N3O4S2/c1-14-7-6-8-15(2)20(14)26-22(28)18-9-4-5-10-19(18)25-23(26)31-16(3)21(27)24-17-11-12-32(29,30)13-17/h4-10,16-17H,11-13H2,1-3H3,(H,24,27). The molecule has 2 atom stereocenters. The Morgan fingerprint density at radius 2 is 1.84 bits per heavy atom. The maximum atomic E-state index is 13.5. The van der Waals surface area contributed by atoms with Crippen LogP contribution in [0.5, 0.6) is 0 Å². The number of thioether (sulfide) groups is 1. The molecule has 2 heterocycles. The molecule has 9 heteroatoms. The second-order valence-corrected chi connectivity index (χ2v) is 11.7. The van der Waals surface area contributed by atoms with Crippen LogP contribution in [0.25, 0.3) is 16.6 Å². The van der Waals surface area contributed by atoms with Crippen molar-refractivity contribution in [3.8, 4) is 5.69 Å². The lowest BCUT2D eigenvalue weighted by Gasteiger charge is -2.20. The summed E-state index contributed by atoms with van der Waals surface area (Å²) in [5.74, 6) is -0.206. The van der Waals surface area contributed by atoms with Gasteiger partial charge in [0.15, 0.2) is 15.0 Å². The first kappa shape index (κ1) is 22.5. The second kappa shape index (κ2) is 8.71. The van der Waals surface area contributed by atoms with E-state index in [-0.39, 0.29) is 29.0 Å². The number of benzene rings is 2. The van der Waals surface area contributed by atoms with Crippen molar-refractivity contribution in [3.63, 3.8) is 0 Å². The van der Waals surface area contributed by atoms with E-state index in [0.717, 1.165) is 16.8 Å². The van der Waals surface area contributed by atoms with Crippen molar-refractivity contribution in [2.45, 2.75) is 43.6 Å². The number of aryl methyl sites for hydroxylation is 2. The Morgan fingerprint density at radius 1 is 1.16 bits per heavy atom. The van der Waals surface area contributed by atoms with E-state index in [1.807, 2.05) is 38.1 Å². The van der Waals surface area contributed by atoms with Crippen molar-refractivity contribution < 1.29 is 13.2 Å². The summed E-state index contributed by atoms with van der Waals surface area (Å²) in [4.78, 5) is 31.0. The van der Waals surface area contributed by atoms with Gasteiger partial charge in [-0.25, -0.2) is 13.4 Å². The third kappa shape index (κ3) is 4.45. The SMILES string of the molecule is Cc1cccc(C)c1-n1c(SC(C)C(=O)NC2CCS(=O)(=O)C2)nc2ccccc2c1=O. The largest absolute Gasteiger partial charge is 0.351 e. The lowest BCUT2D eigenvalue weighted by atomic mass is 10.1. The first-order chi connectivity index (χ1) is 15.2. The highest BCUT2D eigenvalue weighted by atomic mass is 32.2. The van der Waals surface area contributed by atoms with Gasteiger partial charge in [-0.2, -0.15) is 0 Å². The molecule has 4 rings (SSSR count). The number of nitrogens with zero attached hydrogens (tertiary/aromatic N) is 2. The van der Waals surface area contributed by atoms with Crippen LogP contribution in [0.15, 0.2) is 52.4 Å². The van der Waals surface area contributed by atoms with Gasteiger partial charge in [0.2, 0.25) is 5.91 Å². The number of sulfone groups is 1. The van der Waals surface area contributed by atoms with E-state index in [0.29, 0.717) is 22.5 Å². The maximum absolute atomic E-state index is 13.5. The molecule has 1 aliphatic rings. The summed E-state index contributed by atoms with van der Waals surface area (Å²) in [6.07, 6.45) is 0.423. The molecule has 0 spiro atoms. The van der Waals surface area contributed by atoms with Gasteiger partial charge in [0.05, 0.1) is 33.3 Å². The van der Waals surface area contributed by atoms with Crippen LogP contribution in [0.1, 0.15) is 24.5 Å². The predicted octanol–water partition coefficient (Wildman–Crippen LogP) is 2.79. The van der Waals surface area contributed by atoms with Gasteiger partial charge in [-0.1, -0.05) is 42.1 Å². The van der Waals surface area contributed by atoms with Gasteiger partial charge >= 0.3 is 0 Å². The van der Waals surface area contributed by atoms with Crippen LogP contribution >= 0.6 is 11.8 Å². The number of para-hydroxylation sites is 2. The van der Waals surface area contributed by atoms with Gasteiger partial charge in [-0.15, -0.1) is 0 Å². The molecule has 3 aromatic rings. The van der Waals surface area contributed by atoms with E-state index < -0.39 is 15.1 Å². The highest BCUT2D eigenvalue weighted by molar-refractivity contribution is 8.00. The van der Waals surface area contributed by atoms with Crippen molar-refractivity contribution in [1.82, 2.24) is 14.9 Å². The molecule has 32 heavy (non-hydrogen) atoms. The van der Waals surface area contributed by atoms with Crippen LogP contribution in [-0.4, -0.2) is 46.7 Å². The van der Waals surface area contributed by atoms with E-state index >= 15 is 0 Å². The molecule has 0 radical (unpaired) electrons. The third-order valence-corrected chi connectivity index (χ3v) is 8.46. The van der Waals surface area contributed by atoms with Crippen LogP contribution in [0.3, 0.4) is 0 Å². The minimum Gasteiger partial charge on any atom is -0.351 e. The minimum absolute atomic E-state index is 0.0303. The van der Waals surface area contributed by atoms with Crippen molar-refractivity contribution in [1.29, 1.82) is 0 Å². The topological polar surface area (TPSA) is 98.1 Å². The van der Waals surface area contributed by atoms with Gasteiger partial charge in [0, 0.05) is 6.04 Å². The zero-order chi connectivity index (χ0) is 23.0. The molecule has 1 aromatic heterocycles. The Labute approximate surface area is 191 Å². The van der Waals surface area contributed by atoms with E-state index in [1.54, 1.807) is 29.7 Å². The Balaban J connectivity index is 1.73. The van der Waals surface area contributed by atoms with Gasteiger partial charge in [-0.05, 0) is 50.5 Å². The molecule has 1 aliphatic heterocycles. The number of amides is 1. The monoisotopic (exact) mass is 471 g/mol. The normalized spacial score (nSPS) is 18.5. The molecule has 2 unspecified atom stereocenters. The number of aromatic nitrogens is 2. The van der Waals surface area contributed by atoms with Crippen molar-refractivity contribution in [3.05, 3.63) is 63.9 Å². The van der Waals surface area contributed by atoms with Crippen LogP contribution in [-0.2, 0) is 14.6 Å². The third-order valence-electron chi connectivity index (χ3n) is 5.64.